The van der Waals surface area contributed by atoms with Crippen LogP contribution in [0, 0.1) is 13.8 Å². The van der Waals surface area contributed by atoms with Crippen LogP contribution in [0.4, 0.5) is 0 Å². The van der Waals surface area contributed by atoms with Crippen LogP contribution >= 0.6 is 12.2 Å². The molecular formula is C16H18N2O2S. The maximum absolute atomic E-state index is 5.90. The Balaban J connectivity index is 2.32. The van der Waals surface area contributed by atoms with Gasteiger partial charge in [-0.2, -0.15) is 0 Å². The van der Waals surface area contributed by atoms with Gasteiger partial charge in [-0.05, 0) is 45.0 Å². The van der Waals surface area contributed by atoms with Crippen molar-refractivity contribution in [2.45, 2.75) is 20.8 Å². The van der Waals surface area contributed by atoms with Crippen LogP contribution in [0.3, 0.4) is 0 Å². The second-order valence-electron chi connectivity index (χ2n) is 4.59. The number of thiocarbonyl (C=S) groups is 1. The van der Waals surface area contributed by atoms with E-state index in [0.717, 1.165) is 17.1 Å². The standard InChI is InChI=1S/C16H18N2O2S/c1-4-19-12-5-7-13(8-6-12)20-14-9-10(2)18-11(3)15(14)16(17)21/h5-9H,4H2,1-3H3,(H2,17,21). The number of nitrogens with zero attached hydrogens (tertiary/aromatic N) is 1. The van der Waals surface area contributed by atoms with E-state index < -0.39 is 0 Å². The third-order valence-corrected chi connectivity index (χ3v) is 3.11. The van der Waals surface area contributed by atoms with Gasteiger partial charge in [-0.3, -0.25) is 4.98 Å². The lowest BCUT2D eigenvalue weighted by molar-refractivity contribution is 0.339. The Morgan fingerprint density at radius 3 is 2.38 bits per heavy atom. The third-order valence-electron chi connectivity index (χ3n) is 2.90. The van der Waals surface area contributed by atoms with E-state index >= 15 is 0 Å². The number of pyridine rings is 1. The molecule has 0 atom stereocenters. The van der Waals surface area contributed by atoms with Crippen molar-refractivity contribution in [3.63, 3.8) is 0 Å². The van der Waals surface area contributed by atoms with E-state index in [2.05, 4.69) is 4.98 Å². The Morgan fingerprint density at radius 1 is 1.19 bits per heavy atom. The van der Waals surface area contributed by atoms with Crippen LogP contribution in [-0.2, 0) is 0 Å². The molecule has 1 aromatic heterocycles. The monoisotopic (exact) mass is 302 g/mol. The van der Waals surface area contributed by atoms with Gasteiger partial charge in [0.25, 0.3) is 0 Å². The molecule has 0 radical (unpaired) electrons. The maximum Gasteiger partial charge on any atom is 0.141 e. The summed E-state index contributed by atoms with van der Waals surface area (Å²) in [6.45, 7) is 6.35. The molecule has 0 unspecified atom stereocenters. The normalized spacial score (nSPS) is 10.2. The second kappa shape index (κ2) is 6.54. The average Bonchev–Trinajstić information content (AvgIpc) is 2.40. The number of rotatable bonds is 5. The average molecular weight is 302 g/mol. The van der Waals surface area contributed by atoms with Gasteiger partial charge in [-0.25, -0.2) is 0 Å². The highest BCUT2D eigenvalue weighted by molar-refractivity contribution is 7.80. The molecule has 2 rings (SSSR count). The molecule has 4 nitrogen and oxygen atoms in total. The Labute approximate surface area is 129 Å². The fraction of sp³-hybridized carbons (Fsp3) is 0.250. The molecule has 0 fully saturated rings. The summed E-state index contributed by atoms with van der Waals surface area (Å²) in [6.07, 6.45) is 0. The Hall–Kier alpha value is -2.14. The first-order chi connectivity index (χ1) is 10.0. The number of nitrogens with two attached hydrogens (primary N) is 1. The minimum atomic E-state index is 0.279. The molecule has 1 heterocycles. The molecule has 0 aliphatic carbocycles. The smallest absolute Gasteiger partial charge is 0.141 e. The highest BCUT2D eigenvalue weighted by Crippen LogP contribution is 2.29. The van der Waals surface area contributed by atoms with Gasteiger partial charge in [0.2, 0.25) is 0 Å². The lowest BCUT2D eigenvalue weighted by atomic mass is 10.1. The van der Waals surface area contributed by atoms with E-state index in [1.807, 2.05) is 51.1 Å². The highest BCUT2D eigenvalue weighted by Gasteiger charge is 2.13. The Kier molecular flexibility index (Phi) is 4.75. The number of ether oxygens (including phenoxy) is 2. The number of benzene rings is 1. The van der Waals surface area contributed by atoms with Gasteiger partial charge in [-0.15, -0.1) is 0 Å². The zero-order chi connectivity index (χ0) is 15.4. The first kappa shape index (κ1) is 15.3. The van der Waals surface area contributed by atoms with Crippen molar-refractivity contribution in [2.24, 2.45) is 5.73 Å². The zero-order valence-electron chi connectivity index (χ0n) is 12.3. The van der Waals surface area contributed by atoms with E-state index in [9.17, 15) is 0 Å². The van der Waals surface area contributed by atoms with Gasteiger partial charge in [0, 0.05) is 11.8 Å². The first-order valence-electron chi connectivity index (χ1n) is 6.70. The molecule has 0 aliphatic heterocycles. The lowest BCUT2D eigenvalue weighted by Crippen LogP contribution is -2.14. The third kappa shape index (κ3) is 3.70. The van der Waals surface area contributed by atoms with Gasteiger partial charge in [0.05, 0.1) is 17.9 Å². The summed E-state index contributed by atoms with van der Waals surface area (Å²) >= 11 is 5.09. The van der Waals surface area contributed by atoms with Crippen molar-refractivity contribution in [3.8, 4) is 17.2 Å². The van der Waals surface area contributed by atoms with Crippen molar-refractivity contribution >= 4 is 17.2 Å². The van der Waals surface area contributed by atoms with Crippen LogP contribution in [0.1, 0.15) is 23.9 Å². The van der Waals surface area contributed by atoms with Crippen molar-refractivity contribution in [1.29, 1.82) is 0 Å². The van der Waals surface area contributed by atoms with E-state index in [-0.39, 0.29) is 4.99 Å². The quantitative estimate of drug-likeness (QED) is 0.856. The molecule has 0 aliphatic rings. The van der Waals surface area contributed by atoms with Crippen LogP contribution in [-0.4, -0.2) is 16.6 Å². The molecule has 21 heavy (non-hydrogen) atoms. The molecule has 2 aromatic rings. The molecule has 110 valence electrons. The minimum absolute atomic E-state index is 0.279. The SMILES string of the molecule is CCOc1ccc(Oc2cc(C)nc(C)c2C(N)=S)cc1. The van der Waals surface area contributed by atoms with Crippen LogP contribution in [0.25, 0.3) is 0 Å². The molecule has 0 amide bonds. The van der Waals surface area contributed by atoms with Crippen molar-refractivity contribution < 1.29 is 9.47 Å². The maximum atomic E-state index is 5.90. The van der Waals surface area contributed by atoms with Gasteiger partial charge < -0.3 is 15.2 Å². The number of hydrogen-bond donors (Lipinski definition) is 1. The second-order valence-corrected chi connectivity index (χ2v) is 5.03. The first-order valence-corrected chi connectivity index (χ1v) is 7.11. The summed E-state index contributed by atoms with van der Waals surface area (Å²) in [7, 11) is 0. The predicted octanol–water partition coefficient (Wildman–Crippen LogP) is 3.52. The lowest BCUT2D eigenvalue weighted by Gasteiger charge is -2.13. The minimum Gasteiger partial charge on any atom is -0.494 e. The topological polar surface area (TPSA) is 57.4 Å². The fourth-order valence-electron chi connectivity index (χ4n) is 2.07. The van der Waals surface area contributed by atoms with Crippen LogP contribution < -0.4 is 15.2 Å². The highest BCUT2D eigenvalue weighted by atomic mass is 32.1. The summed E-state index contributed by atoms with van der Waals surface area (Å²) in [5.41, 5.74) is 8.07. The molecule has 0 spiro atoms. The van der Waals surface area contributed by atoms with Crippen LogP contribution in [0.15, 0.2) is 30.3 Å². The van der Waals surface area contributed by atoms with Crippen molar-refractivity contribution in [3.05, 3.63) is 47.3 Å². The Morgan fingerprint density at radius 2 is 1.81 bits per heavy atom. The molecule has 0 bridgehead atoms. The summed E-state index contributed by atoms with van der Waals surface area (Å²) in [4.78, 5) is 4.65. The molecule has 0 saturated carbocycles. The van der Waals surface area contributed by atoms with E-state index in [1.165, 1.54) is 0 Å². The van der Waals surface area contributed by atoms with Crippen molar-refractivity contribution in [2.75, 3.05) is 6.61 Å². The fourth-order valence-corrected chi connectivity index (χ4v) is 2.32. The molecule has 2 N–H and O–H groups in total. The predicted molar refractivity (Wildman–Crippen MR) is 87.3 cm³/mol. The number of hydrogen-bond acceptors (Lipinski definition) is 4. The Bertz CT molecular complexity index is 654. The zero-order valence-corrected chi connectivity index (χ0v) is 13.2. The van der Waals surface area contributed by atoms with E-state index in [1.54, 1.807) is 0 Å². The van der Waals surface area contributed by atoms with Gasteiger partial charge in [-0.1, -0.05) is 12.2 Å². The van der Waals surface area contributed by atoms with Gasteiger partial charge in [0.15, 0.2) is 0 Å². The summed E-state index contributed by atoms with van der Waals surface area (Å²) in [6, 6.07) is 9.25. The number of aryl methyl sites for hydroxylation is 2. The molecule has 0 saturated heterocycles. The van der Waals surface area contributed by atoms with Crippen molar-refractivity contribution in [1.82, 2.24) is 4.98 Å². The molecule has 5 heteroatoms. The van der Waals surface area contributed by atoms with Crippen LogP contribution in [0.5, 0.6) is 17.2 Å². The van der Waals surface area contributed by atoms with Gasteiger partial charge in [0.1, 0.15) is 22.2 Å². The molecule has 1 aromatic carbocycles. The largest absolute Gasteiger partial charge is 0.494 e. The van der Waals surface area contributed by atoms with E-state index in [0.29, 0.717) is 23.7 Å². The summed E-state index contributed by atoms with van der Waals surface area (Å²) in [5.74, 6) is 2.12. The van der Waals surface area contributed by atoms with Gasteiger partial charge >= 0.3 is 0 Å². The summed E-state index contributed by atoms with van der Waals surface area (Å²) in [5, 5.41) is 0. The summed E-state index contributed by atoms with van der Waals surface area (Å²) < 4.78 is 11.3. The molecular weight excluding hydrogens is 284 g/mol. The van der Waals surface area contributed by atoms with E-state index in [4.69, 9.17) is 27.4 Å². The number of aromatic nitrogens is 1. The van der Waals surface area contributed by atoms with Crippen LogP contribution in [0.2, 0.25) is 0 Å².